The van der Waals surface area contributed by atoms with E-state index in [4.69, 9.17) is 4.74 Å². The number of carbonyl (C=O) groups excluding carboxylic acids is 1. The summed E-state index contributed by atoms with van der Waals surface area (Å²) in [5.41, 5.74) is 3.22. The number of rotatable bonds is 6. The van der Waals surface area contributed by atoms with Gasteiger partial charge in [-0.1, -0.05) is 54.6 Å². The van der Waals surface area contributed by atoms with Gasteiger partial charge in [-0.2, -0.15) is 0 Å². The molecule has 1 fully saturated rings. The zero-order valence-corrected chi connectivity index (χ0v) is 21.4. The van der Waals surface area contributed by atoms with Crippen LogP contribution in [-0.4, -0.2) is 73.3 Å². The Morgan fingerprint density at radius 1 is 0.917 bits per heavy atom. The second-order valence-corrected chi connectivity index (χ2v) is 10.6. The maximum Gasteiger partial charge on any atom is 0.241 e. The third-order valence-corrected chi connectivity index (χ3v) is 8.39. The topological polar surface area (TPSA) is 56.2 Å². The number of amides is 1. The fourth-order valence-electron chi connectivity index (χ4n) is 4.92. The number of aliphatic hydroxyl groups is 1. The molecule has 0 saturated carbocycles. The van der Waals surface area contributed by atoms with Crippen LogP contribution in [-0.2, 0) is 11.3 Å². The molecule has 0 aliphatic carbocycles. The first kappa shape index (κ1) is 24.8. The summed E-state index contributed by atoms with van der Waals surface area (Å²) in [5.74, 6) is 0.821. The molecule has 0 bridgehead atoms. The predicted molar refractivity (Wildman–Crippen MR) is 145 cm³/mol. The minimum atomic E-state index is -0.692. The Bertz CT molecular complexity index is 1150. The molecule has 2 atom stereocenters. The molecule has 188 valence electrons. The van der Waals surface area contributed by atoms with Gasteiger partial charge in [0, 0.05) is 37.6 Å². The molecule has 2 aliphatic rings. The fourth-order valence-corrected chi connectivity index (χ4v) is 6.19. The van der Waals surface area contributed by atoms with Gasteiger partial charge in [0.1, 0.15) is 5.75 Å². The van der Waals surface area contributed by atoms with Crippen LogP contribution in [0.5, 0.6) is 5.75 Å². The minimum Gasteiger partial charge on any atom is -0.497 e. The number of anilines is 1. The van der Waals surface area contributed by atoms with Crippen molar-refractivity contribution in [2.75, 3.05) is 51.3 Å². The molecule has 0 radical (unpaired) electrons. The van der Waals surface area contributed by atoms with Gasteiger partial charge in [0.05, 0.1) is 37.2 Å². The number of nitrogens with zero attached hydrogens (tertiary/aromatic N) is 3. The highest BCUT2D eigenvalue weighted by Gasteiger charge is 2.33. The normalized spacial score (nSPS) is 21.0. The van der Waals surface area contributed by atoms with E-state index in [2.05, 4.69) is 34.1 Å². The molecule has 5 rings (SSSR count). The van der Waals surface area contributed by atoms with E-state index in [1.54, 1.807) is 23.8 Å². The van der Waals surface area contributed by atoms with E-state index >= 15 is 0 Å². The monoisotopic (exact) mass is 503 g/mol. The molecule has 7 heteroatoms. The fraction of sp³-hybridized carbons (Fsp3) is 0.345. The van der Waals surface area contributed by atoms with Crippen molar-refractivity contribution in [2.24, 2.45) is 0 Å². The number of benzene rings is 3. The van der Waals surface area contributed by atoms with E-state index in [1.807, 2.05) is 54.6 Å². The van der Waals surface area contributed by atoms with E-state index < -0.39 is 6.10 Å². The largest absolute Gasteiger partial charge is 0.497 e. The standard InChI is InChI=1S/C29H33N3O3S/c1-35-24-13-11-23(12-14-24)29-26(33)20-32(25-9-5-6-10-27(25)36-29)28(34)21-31-17-15-30(16-18-31)19-22-7-3-2-4-8-22/h2-14,26,29,33H,15-21H2,1H3/t26-,29-/m0/s1. The first-order valence-corrected chi connectivity index (χ1v) is 13.4. The average molecular weight is 504 g/mol. The molecule has 2 heterocycles. The van der Waals surface area contributed by atoms with Crippen LogP contribution >= 0.6 is 11.8 Å². The van der Waals surface area contributed by atoms with Crippen LogP contribution in [0.2, 0.25) is 0 Å². The summed E-state index contributed by atoms with van der Waals surface area (Å²) in [6, 6.07) is 26.3. The van der Waals surface area contributed by atoms with E-state index in [-0.39, 0.29) is 17.7 Å². The average Bonchev–Trinajstić information content (AvgIpc) is 3.07. The Hall–Kier alpha value is -2.84. The summed E-state index contributed by atoms with van der Waals surface area (Å²) in [5, 5.41) is 11.1. The van der Waals surface area contributed by atoms with Gasteiger partial charge in [-0.25, -0.2) is 0 Å². The summed E-state index contributed by atoms with van der Waals surface area (Å²) < 4.78 is 5.29. The Morgan fingerprint density at radius 3 is 2.31 bits per heavy atom. The lowest BCUT2D eigenvalue weighted by Crippen LogP contribution is -2.50. The van der Waals surface area contributed by atoms with Crippen molar-refractivity contribution < 1.29 is 14.6 Å². The molecule has 6 nitrogen and oxygen atoms in total. The summed E-state index contributed by atoms with van der Waals surface area (Å²) in [4.78, 5) is 21.0. The van der Waals surface area contributed by atoms with Crippen LogP contribution in [0.4, 0.5) is 5.69 Å². The summed E-state index contributed by atoms with van der Waals surface area (Å²) in [7, 11) is 1.65. The van der Waals surface area contributed by atoms with E-state index in [0.29, 0.717) is 6.54 Å². The van der Waals surface area contributed by atoms with E-state index in [9.17, 15) is 9.90 Å². The van der Waals surface area contributed by atoms with Crippen LogP contribution in [0.1, 0.15) is 16.4 Å². The van der Waals surface area contributed by atoms with Crippen molar-refractivity contribution in [3.8, 4) is 5.75 Å². The smallest absolute Gasteiger partial charge is 0.241 e. The van der Waals surface area contributed by atoms with Gasteiger partial charge in [0.25, 0.3) is 0 Å². The van der Waals surface area contributed by atoms with Crippen molar-refractivity contribution in [3.05, 3.63) is 90.0 Å². The molecular formula is C29H33N3O3S. The molecule has 36 heavy (non-hydrogen) atoms. The summed E-state index contributed by atoms with van der Waals surface area (Å²) in [6.45, 7) is 5.18. The van der Waals surface area contributed by atoms with Crippen molar-refractivity contribution in [3.63, 3.8) is 0 Å². The second-order valence-electron chi connectivity index (χ2n) is 9.39. The summed E-state index contributed by atoms with van der Waals surface area (Å²) in [6.07, 6.45) is -0.692. The van der Waals surface area contributed by atoms with E-state index in [0.717, 1.165) is 54.6 Å². The quantitative estimate of drug-likeness (QED) is 0.548. The number of ether oxygens (including phenoxy) is 1. The number of methoxy groups -OCH3 is 1. The Balaban J connectivity index is 1.25. The van der Waals surface area contributed by atoms with Gasteiger partial charge in [-0.15, -0.1) is 11.8 Å². The third-order valence-electron chi connectivity index (χ3n) is 6.95. The first-order valence-electron chi connectivity index (χ1n) is 12.5. The maximum atomic E-state index is 13.6. The number of piperazine rings is 1. The van der Waals surface area contributed by atoms with Crippen molar-refractivity contribution >= 4 is 23.4 Å². The lowest BCUT2D eigenvalue weighted by atomic mass is 10.1. The number of thioether (sulfide) groups is 1. The number of hydrogen-bond donors (Lipinski definition) is 1. The SMILES string of the molecule is COc1ccc([C@@H]2Sc3ccccc3N(C(=O)CN3CCN(Cc4ccccc4)CC3)C[C@@H]2O)cc1. The van der Waals surface area contributed by atoms with Gasteiger partial charge in [0.2, 0.25) is 5.91 Å². The minimum absolute atomic E-state index is 0.0361. The van der Waals surface area contributed by atoms with E-state index in [1.165, 1.54) is 5.56 Å². The molecule has 1 amide bonds. The van der Waals surface area contributed by atoms with Crippen LogP contribution in [0.3, 0.4) is 0 Å². The zero-order chi connectivity index (χ0) is 24.9. The first-order chi connectivity index (χ1) is 17.6. The van der Waals surface area contributed by atoms with Gasteiger partial charge in [0.15, 0.2) is 0 Å². The molecule has 0 unspecified atom stereocenters. The molecule has 0 aromatic heterocycles. The lowest BCUT2D eigenvalue weighted by molar-refractivity contribution is -0.120. The van der Waals surface area contributed by atoms with Gasteiger partial charge in [-0.3, -0.25) is 14.6 Å². The van der Waals surface area contributed by atoms with Crippen molar-refractivity contribution in [1.82, 2.24) is 9.80 Å². The number of fused-ring (bicyclic) bond motifs is 1. The van der Waals surface area contributed by atoms with Crippen LogP contribution in [0.15, 0.2) is 83.8 Å². The molecule has 0 spiro atoms. The lowest BCUT2D eigenvalue weighted by Gasteiger charge is -2.35. The van der Waals surface area contributed by atoms with Gasteiger partial charge < -0.3 is 14.7 Å². The molecule has 3 aromatic rings. The number of para-hydroxylation sites is 1. The molecule has 3 aromatic carbocycles. The van der Waals surface area contributed by atoms with Crippen LogP contribution in [0.25, 0.3) is 0 Å². The highest BCUT2D eigenvalue weighted by atomic mass is 32.2. The molecule has 1 N–H and O–H groups in total. The number of β-amino-alcohol motifs (C(OH)–C–C–N with tert-alkyl or cyclic N) is 1. The predicted octanol–water partition coefficient (Wildman–Crippen LogP) is 4.05. The number of aliphatic hydroxyl groups excluding tert-OH is 1. The van der Waals surface area contributed by atoms with Crippen molar-refractivity contribution in [1.29, 1.82) is 0 Å². The number of hydrogen-bond acceptors (Lipinski definition) is 6. The zero-order valence-electron chi connectivity index (χ0n) is 20.6. The highest BCUT2D eigenvalue weighted by Crippen LogP contribution is 2.45. The Kier molecular flexibility index (Phi) is 7.92. The Labute approximate surface area is 217 Å². The van der Waals surface area contributed by atoms with Gasteiger partial charge in [-0.05, 0) is 35.4 Å². The number of carbonyl (C=O) groups is 1. The molecule has 1 saturated heterocycles. The maximum absolute atomic E-state index is 13.6. The third kappa shape index (κ3) is 5.76. The highest BCUT2D eigenvalue weighted by molar-refractivity contribution is 7.99. The Morgan fingerprint density at radius 2 is 1.58 bits per heavy atom. The molecular weight excluding hydrogens is 470 g/mol. The summed E-state index contributed by atoms with van der Waals surface area (Å²) >= 11 is 1.62. The van der Waals surface area contributed by atoms with Crippen LogP contribution in [0, 0.1) is 0 Å². The second kappa shape index (κ2) is 11.5. The van der Waals surface area contributed by atoms with Gasteiger partial charge >= 0.3 is 0 Å². The van der Waals surface area contributed by atoms with Crippen LogP contribution < -0.4 is 9.64 Å². The van der Waals surface area contributed by atoms with Crippen molar-refractivity contribution in [2.45, 2.75) is 22.8 Å². The molecule has 2 aliphatic heterocycles.